The third-order valence-corrected chi connectivity index (χ3v) is 3.75. The van der Waals surface area contributed by atoms with Crippen LogP contribution in [0.1, 0.15) is 46.5 Å². The fourth-order valence-corrected chi connectivity index (χ4v) is 2.54. The molecular weight excluding hydrogens is 158 g/mol. The minimum Gasteiger partial charge on any atom is -0.303 e. The summed E-state index contributed by atoms with van der Waals surface area (Å²) in [4.78, 5) is 2.53. The molecule has 0 N–H and O–H groups in total. The number of rotatable bonds is 2. The van der Waals surface area contributed by atoms with Crippen LogP contribution in [-0.2, 0) is 0 Å². The lowest BCUT2D eigenvalue weighted by atomic mass is 9.87. The molecule has 1 nitrogen and oxygen atoms in total. The molecule has 3 atom stereocenters. The summed E-state index contributed by atoms with van der Waals surface area (Å²) >= 11 is 0. The predicted molar refractivity (Wildman–Crippen MR) is 58.9 cm³/mol. The normalized spacial score (nSPS) is 37.4. The van der Waals surface area contributed by atoms with Gasteiger partial charge in [-0.05, 0) is 38.6 Å². The Hall–Kier alpha value is -0.0400. The van der Waals surface area contributed by atoms with Gasteiger partial charge in [0.05, 0.1) is 0 Å². The van der Waals surface area contributed by atoms with Crippen molar-refractivity contribution in [1.82, 2.24) is 4.90 Å². The number of likely N-dealkylation sites (tertiary alicyclic amines) is 1. The van der Waals surface area contributed by atoms with Gasteiger partial charge in [0.25, 0.3) is 0 Å². The lowest BCUT2D eigenvalue weighted by Gasteiger charge is -2.24. The average Bonchev–Trinajstić information content (AvgIpc) is 2.20. The third-order valence-electron chi connectivity index (χ3n) is 3.75. The van der Waals surface area contributed by atoms with Crippen LogP contribution in [0.2, 0.25) is 0 Å². The maximum absolute atomic E-state index is 2.53. The number of hydrogen-bond acceptors (Lipinski definition) is 1. The highest BCUT2D eigenvalue weighted by molar-refractivity contribution is 4.77. The van der Waals surface area contributed by atoms with Gasteiger partial charge in [-0.2, -0.15) is 0 Å². The molecule has 78 valence electrons. The summed E-state index contributed by atoms with van der Waals surface area (Å²) in [6.45, 7) is 8.40. The van der Waals surface area contributed by atoms with Crippen molar-refractivity contribution in [3.8, 4) is 0 Å². The lowest BCUT2D eigenvalue weighted by Crippen LogP contribution is -2.31. The molecule has 1 heterocycles. The molecule has 1 aliphatic rings. The largest absolute Gasteiger partial charge is 0.303 e. The van der Waals surface area contributed by atoms with E-state index in [1.54, 1.807) is 0 Å². The quantitative estimate of drug-likeness (QED) is 0.635. The summed E-state index contributed by atoms with van der Waals surface area (Å²) in [5.74, 6) is 1.88. The van der Waals surface area contributed by atoms with Crippen molar-refractivity contribution in [1.29, 1.82) is 0 Å². The van der Waals surface area contributed by atoms with Gasteiger partial charge in [0.15, 0.2) is 0 Å². The highest BCUT2D eigenvalue weighted by Crippen LogP contribution is 2.28. The van der Waals surface area contributed by atoms with E-state index in [1.807, 2.05) is 0 Å². The van der Waals surface area contributed by atoms with Gasteiger partial charge in [0, 0.05) is 12.6 Å². The van der Waals surface area contributed by atoms with Crippen molar-refractivity contribution >= 4 is 0 Å². The van der Waals surface area contributed by atoms with E-state index in [0.717, 1.165) is 17.9 Å². The van der Waals surface area contributed by atoms with Crippen molar-refractivity contribution in [2.24, 2.45) is 11.8 Å². The lowest BCUT2D eigenvalue weighted by molar-refractivity contribution is 0.226. The van der Waals surface area contributed by atoms with Crippen LogP contribution in [0, 0.1) is 11.8 Å². The molecule has 0 bridgehead atoms. The van der Waals surface area contributed by atoms with Crippen LogP contribution in [0.5, 0.6) is 0 Å². The van der Waals surface area contributed by atoms with E-state index in [2.05, 4.69) is 32.7 Å². The van der Waals surface area contributed by atoms with Gasteiger partial charge < -0.3 is 4.90 Å². The van der Waals surface area contributed by atoms with Gasteiger partial charge >= 0.3 is 0 Å². The highest BCUT2D eigenvalue weighted by Gasteiger charge is 2.24. The summed E-state index contributed by atoms with van der Waals surface area (Å²) in [5, 5.41) is 0. The van der Waals surface area contributed by atoms with Crippen LogP contribution in [0.4, 0.5) is 0 Å². The number of hydrogen-bond donors (Lipinski definition) is 0. The van der Waals surface area contributed by atoms with Crippen molar-refractivity contribution in [2.75, 3.05) is 13.6 Å². The van der Waals surface area contributed by atoms with Gasteiger partial charge in [0.1, 0.15) is 0 Å². The zero-order valence-corrected chi connectivity index (χ0v) is 9.71. The Bertz CT molecular complexity index is 144. The monoisotopic (exact) mass is 183 g/mol. The Morgan fingerprint density at radius 1 is 1.23 bits per heavy atom. The van der Waals surface area contributed by atoms with E-state index < -0.39 is 0 Å². The Kier molecular flexibility index (Phi) is 4.24. The van der Waals surface area contributed by atoms with Crippen LogP contribution in [0.25, 0.3) is 0 Å². The third kappa shape index (κ3) is 2.98. The Balaban J connectivity index is 2.49. The average molecular weight is 183 g/mol. The fourth-order valence-electron chi connectivity index (χ4n) is 2.54. The molecule has 2 unspecified atom stereocenters. The molecule has 1 aliphatic heterocycles. The van der Waals surface area contributed by atoms with Crippen LogP contribution < -0.4 is 0 Å². The molecule has 0 saturated carbocycles. The first-order chi connectivity index (χ1) is 6.15. The standard InChI is InChI=1S/C12H25N/c1-5-6-12-8-7-11(3)13(4)9-10(12)2/h10-12H,5-9H2,1-4H3/t10?,11?,12-/m1/s1. The van der Waals surface area contributed by atoms with Crippen molar-refractivity contribution in [2.45, 2.75) is 52.5 Å². The van der Waals surface area contributed by atoms with Gasteiger partial charge in [-0.1, -0.05) is 26.7 Å². The summed E-state index contributed by atoms with van der Waals surface area (Å²) in [6, 6.07) is 0.796. The van der Waals surface area contributed by atoms with E-state index in [9.17, 15) is 0 Å². The smallest absolute Gasteiger partial charge is 0.00641 e. The minimum absolute atomic E-state index is 0.796. The molecule has 1 saturated heterocycles. The zero-order valence-electron chi connectivity index (χ0n) is 9.71. The second-order valence-electron chi connectivity index (χ2n) is 4.89. The first-order valence-corrected chi connectivity index (χ1v) is 5.85. The summed E-state index contributed by atoms with van der Waals surface area (Å²) in [7, 11) is 2.27. The maximum Gasteiger partial charge on any atom is 0.00641 e. The first-order valence-electron chi connectivity index (χ1n) is 5.85. The van der Waals surface area contributed by atoms with Gasteiger partial charge in [-0.15, -0.1) is 0 Å². The Morgan fingerprint density at radius 2 is 1.92 bits per heavy atom. The van der Waals surface area contributed by atoms with Crippen molar-refractivity contribution in [3.63, 3.8) is 0 Å². The molecule has 13 heavy (non-hydrogen) atoms. The molecular formula is C12H25N. The van der Waals surface area contributed by atoms with Crippen LogP contribution in [-0.4, -0.2) is 24.5 Å². The SMILES string of the molecule is CCC[C@@H]1CCC(C)N(C)CC1C. The van der Waals surface area contributed by atoms with Crippen LogP contribution in [0.3, 0.4) is 0 Å². The van der Waals surface area contributed by atoms with E-state index in [1.165, 1.54) is 32.2 Å². The summed E-state index contributed by atoms with van der Waals surface area (Å²) < 4.78 is 0. The second kappa shape index (κ2) is 4.99. The van der Waals surface area contributed by atoms with E-state index >= 15 is 0 Å². The summed E-state index contributed by atoms with van der Waals surface area (Å²) in [5.41, 5.74) is 0. The van der Waals surface area contributed by atoms with Crippen molar-refractivity contribution < 1.29 is 0 Å². The first kappa shape index (κ1) is 11.0. The molecule has 0 aliphatic carbocycles. The van der Waals surface area contributed by atoms with Crippen LogP contribution >= 0.6 is 0 Å². The Morgan fingerprint density at radius 3 is 2.54 bits per heavy atom. The van der Waals surface area contributed by atoms with E-state index in [-0.39, 0.29) is 0 Å². The molecule has 0 aromatic heterocycles. The predicted octanol–water partition coefficient (Wildman–Crippen LogP) is 3.15. The summed E-state index contributed by atoms with van der Waals surface area (Å²) in [6.07, 6.45) is 5.63. The van der Waals surface area contributed by atoms with Crippen molar-refractivity contribution in [3.05, 3.63) is 0 Å². The van der Waals surface area contributed by atoms with Gasteiger partial charge in [0.2, 0.25) is 0 Å². The van der Waals surface area contributed by atoms with Gasteiger partial charge in [-0.3, -0.25) is 0 Å². The molecule has 0 aromatic carbocycles. The van der Waals surface area contributed by atoms with E-state index in [4.69, 9.17) is 0 Å². The number of nitrogens with zero attached hydrogens (tertiary/aromatic N) is 1. The minimum atomic E-state index is 0.796. The second-order valence-corrected chi connectivity index (χ2v) is 4.89. The highest BCUT2D eigenvalue weighted by atomic mass is 15.1. The zero-order chi connectivity index (χ0) is 9.84. The van der Waals surface area contributed by atoms with Gasteiger partial charge in [-0.25, -0.2) is 0 Å². The molecule has 0 aromatic rings. The van der Waals surface area contributed by atoms with Crippen LogP contribution in [0.15, 0.2) is 0 Å². The fraction of sp³-hybridized carbons (Fsp3) is 1.00. The van der Waals surface area contributed by atoms with E-state index in [0.29, 0.717) is 0 Å². The molecule has 1 rings (SSSR count). The molecule has 0 spiro atoms. The Labute approximate surface area is 83.5 Å². The molecule has 0 radical (unpaired) electrons. The topological polar surface area (TPSA) is 3.24 Å². The maximum atomic E-state index is 2.53. The molecule has 1 fully saturated rings. The molecule has 0 amide bonds. The molecule has 1 heteroatoms.